The molecule has 0 radical (unpaired) electrons. The van der Waals surface area contributed by atoms with Gasteiger partial charge in [-0.1, -0.05) is 139 Å². The van der Waals surface area contributed by atoms with Gasteiger partial charge in [-0.25, -0.2) is 0 Å². The fraction of sp³-hybridized carbons (Fsp3) is 0. The minimum absolute atomic E-state index is 0.142. The molecule has 0 atom stereocenters. The Hall–Kier alpha value is -7.62. The number of aromatic nitrogens is 3. The highest BCUT2D eigenvalue weighted by atomic mass is 15.0. The molecule has 0 aliphatic carbocycles. The van der Waals surface area contributed by atoms with Crippen molar-refractivity contribution in [3.8, 4) is 39.3 Å². The van der Waals surface area contributed by atoms with E-state index >= 15 is 0 Å². The van der Waals surface area contributed by atoms with Gasteiger partial charge in [-0.05, 0) is 94.8 Å². The second-order valence-electron chi connectivity index (χ2n) is 13.4. The third-order valence-corrected chi connectivity index (χ3v) is 10.3. The first kappa shape index (κ1) is 17.5. The molecular weight excluding hydrogens is 691 g/mol. The number of hydrogen-bond acceptors (Lipinski definition) is 0. The predicted molar refractivity (Wildman–Crippen MR) is 240 cm³/mol. The van der Waals surface area contributed by atoms with Crippen LogP contribution in [-0.2, 0) is 0 Å². The van der Waals surface area contributed by atoms with Crippen molar-refractivity contribution in [3.05, 3.63) is 212 Å². The number of benzene rings is 9. The number of rotatable bonds is 5. The van der Waals surface area contributed by atoms with Gasteiger partial charge in [0, 0.05) is 49.4 Å². The first-order valence-electron chi connectivity index (χ1n) is 28.4. The summed E-state index contributed by atoms with van der Waals surface area (Å²) < 4.78 is 195. The molecule has 0 aliphatic rings. The van der Waals surface area contributed by atoms with E-state index < -0.39 is 149 Å². The van der Waals surface area contributed by atoms with E-state index in [0.29, 0.717) is 11.3 Å². The Bertz CT molecular complexity index is 4660. The lowest BCUT2D eigenvalue weighted by atomic mass is 10.00. The van der Waals surface area contributed by atoms with Crippen molar-refractivity contribution in [2.24, 2.45) is 0 Å². The lowest BCUT2D eigenvalue weighted by Gasteiger charge is -2.12. The zero-order valence-corrected chi connectivity index (χ0v) is 29.4. The molecule has 3 aromatic heterocycles. The summed E-state index contributed by atoms with van der Waals surface area (Å²) in [5.41, 5.74) is 0.841. The molecule has 3 heteroatoms. The Morgan fingerprint density at radius 2 is 0.702 bits per heavy atom. The van der Waals surface area contributed by atoms with Crippen LogP contribution in [0.4, 0.5) is 0 Å². The Balaban J connectivity index is 1.21. The van der Waals surface area contributed by atoms with E-state index in [0.717, 1.165) is 25.8 Å². The summed E-state index contributed by atoms with van der Waals surface area (Å²) in [7, 11) is 0. The van der Waals surface area contributed by atoms with Crippen molar-refractivity contribution in [2.45, 2.75) is 0 Å². The molecule has 0 saturated carbocycles. The molecule has 12 aromatic rings. The Labute approximate surface area is 359 Å². The number of para-hydroxylation sites is 4. The van der Waals surface area contributed by atoms with E-state index in [1.54, 1.807) is 18.2 Å². The normalized spacial score (nSPS) is 17.0. The summed E-state index contributed by atoms with van der Waals surface area (Å²) in [4.78, 5) is 0. The highest BCUT2D eigenvalue weighted by molar-refractivity contribution is 6.14. The van der Waals surface area contributed by atoms with Crippen LogP contribution in [0.1, 0.15) is 28.8 Å². The predicted octanol–water partition coefficient (Wildman–Crippen LogP) is 14.3. The summed E-state index contributed by atoms with van der Waals surface area (Å²) in [6.07, 6.45) is 0. The first-order valence-corrected chi connectivity index (χ1v) is 17.9. The molecule has 266 valence electrons. The van der Waals surface area contributed by atoms with Gasteiger partial charge >= 0.3 is 0 Å². The quantitative estimate of drug-likeness (QED) is 0.167. The molecule has 57 heavy (non-hydrogen) atoms. The fourth-order valence-electron chi connectivity index (χ4n) is 7.77. The molecule has 9 aromatic carbocycles. The van der Waals surface area contributed by atoms with Crippen molar-refractivity contribution in [1.29, 1.82) is 0 Å². The van der Waals surface area contributed by atoms with Crippen molar-refractivity contribution in [2.75, 3.05) is 0 Å². The third kappa shape index (κ3) is 4.86. The van der Waals surface area contributed by atoms with Gasteiger partial charge in [0.05, 0.1) is 61.9 Å². The van der Waals surface area contributed by atoms with Crippen LogP contribution in [-0.4, -0.2) is 13.7 Å². The van der Waals surface area contributed by atoms with Gasteiger partial charge in [0.2, 0.25) is 0 Å². The van der Waals surface area contributed by atoms with Gasteiger partial charge in [0.15, 0.2) is 0 Å². The lowest BCUT2D eigenvalue weighted by Crippen LogP contribution is -1.97. The smallest absolute Gasteiger partial charge is 0.0652 e. The molecule has 0 amide bonds. The van der Waals surface area contributed by atoms with E-state index in [1.165, 1.54) is 10.6 Å². The van der Waals surface area contributed by atoms with Crippen LogP contribution < -0.4 is 0 Å². The fourth-order valence-corrected chi connectivity index (χ4v) is 7.77. The highest BCUT2D eigenvalue weighted by Gasteiger charge is 2.18. The van der Waals surface area contributed by atoms with Crippen LogP contribution >= 0.6 is 0 Å². The van der Waals surface area contributed by atoms with E-state index in [-0.39, 0.29) is 54.4 Å². The number of nitrogens with zero attached hydrogens (tertiary/aromatic N) is 3. The van der Waals surface area contributed by atoms with Crippen LogP contribution in [0.3, 0.4) is 0 Å². The average Bonchev–Trinajstić information content (AvgIpc) is 4.33. The molecular formula is C54H35N3. The minimum atomic E-state index is -0.783. The Kier molecular flexibility index (Phi) is 3.81. The zero-order valence-electron chi connectivity index (χ0n) is 50.4. The standard InChI is InChI=1S/C54H35N3/c1-2-13-36(14-3-1)37-25-27-38(28-26-37)39-15-12-16-40(33-39)55-51-23-10-6-19-45(51)47-35-42(30-31-53(47)55)57-52-24-11-7-20-46(52)48-34-41(29-32-54(48)57)56-49-21-8-4-17-43(49)44-18-5-9-22-50(44)56/h1-35H/i4D,5D,6D,7D,8D,9D,10D,11D,17D,18D,19D,20D,21D,22D,23D,24D,29D,30D,31D,32D,35D. The molecule has 0 fully saturated rings. The average molecular weight is 747 g/mol. The van der Waals surface area contributed by atoms with Crippen molar-refractivity contribution >= 4 is 65.4 Å². The van der Waals surface area contributed by atoms with E-state index in [1.807, 2.05) is 60.7 Å². The van der Waals surface area contributed by atoms with Gasteiger partial charge in [-0.3, -0.25) is 0 Å². The third-order valence-electron chi connectivity index (χ3n) is 10.3. The number of fused-ring (bicyclic) bond motifs is 9. The Morgan fingerprint density at radius 1 is 0.281 bits per heavy atom. The van der Waals surface area contributed by atoms with Crippen molar-refractivity contribution in [3.63, 3.8) is 0 Å². The van der Waals surface area contributed by atoms with E-state index in [9.17, 15) is 12.3 Å². The van der Waals surface area contributed by atoms with Gasteiger partial charge in [0.1, 0.15) is 0 Å². The van der Waals surface area contributed by atoms with Crippen LogP contribution in [0.5, 0.6) is 0 Å². The SMILES string of the molecule is [2H]c1c([2H])c([2H])c2c(c1[2H])c1cc(-n3c4c([2H])c([2H])c([2H])c([2H])c4c4c([2H])c([2H])c([2H])c([2H])c43)c([2H])c([2H])c1n2-c1c([2H])c([2H])c2c(c1[2H])c1c([2H])c([2H])c([2H])c([2H])c1n2-c1cccc(-c2ccc(-c3ccccc3)cc2)c1. The molecule has 0 spiro atoms. The lowest BCUT2D eigenvalue weighted by molar-refractivity contribution is 1.16. The second kappa shape index (κ2) is 12.5. The maximum Gasteiger partial charge on any atom is 0.0652 e. The summed E-state index contributed by atoms with van der Waals surface area (Å²) in [5, 5.41) is -1.66. The van der Waals surface area contributed by atoms with E-state index in [2.05, 4.69) is 0 Å². The van der Waals surface area contributed by atoms with Gasteiger partial charge in [-0.15, -0.1) is 0 Å². The Morgan fingerprint density at radius 3 is 1.32 bits per heavy atom. The van der Waals surface area contributed by atoms with Gasteiger partial charge in [-0.2, -0.15) is 0 Å². The monoisotopic (exact) mass is 746 g/mol. The molecule has 3 nitrogen and oxygen atoms in total. The molecule has 0 aliphatic heterocycles. The van der Waals surface area contributed by atoms with Crippen LogP contribution in [0.25, 0.3) is 105 Å². The summed E-state index contributed by atoms with van der Waals surface area (Å²) in [6, 6.07) is 11.0. The second-order valence-corrected chi connectivity index (χ2v) is 13.4. The summed E-state index contributed by atoms with van der Waals surface area (Å²) in [5.74, 6) is 0. The highest BCUT2D eigenvalue weighted by Crippen LogP contribution is 2.39. The largest absolute Gasteiger partial charge is 0.309 e. The molecule has 12 rings (SSSR count). The van der Waals surface area contributed by atoms with Crippen LogP contribution in [0.15, 0.2) is 212 Å². The molecule has 0 unspecified atom stereocenters. The van der Waals surface area contributed by atoms with Crippen molar-refractivity contribution in [1.82, 2.24) is 13.7 Å². The van der Waals surface area contributed by atoms with E-state index in [4.69, 9.17) is 16.4 Å². The molecule has 0 saturated heterocycles. The topological polar surface area (TPSA) is 14.8 Å². The van der Waals surface area contributed by atoms with Crippen molar-refractivity contribution < 1.29 is 28.8 Å². The number of hydrogen-bond donors (Lipinski definition) is 0. The molecule has 0 bridgehead atoms. The maximum absolute atomic E-state index is 10.1. The van der Waals surface area contributed by atoms with Crippen LogP contribution in [0, 0.1) is 0 Å². The zero-order chi connectivity index (χ0) is 55.7. The molecule has 0 N–H and O–H groups in total. The summed E-state index contributed by atoms with van der Waals surface area (Å²) >= 11 is 0. The van der Waals surface area contributed by atoms with Gasteiger partial charge in [0.25, 0.3) is 0 Å². The van der Waals surface area contributed by atoms with Gasteiger partial charge < -0.3 is 13.7 Å². The first-order chi connectivity index (χ1) is 37.0. The minimum Gasteiger partial charge on any atom is -0.309 e. The molecule has 3 heterocycles. The van der Waals surface area contributed by atoms with Crippen LogP contribution in [0.2, 0.25) is 0 Å². The summed E-state index contributed by atoms with van der Waals surface area (Å²) in [6.45, 7) is 0. The maximum atomic E-state index is 10.1.